The lowest BCUT2D eigenvalue weighted by Gasteiger charge is -2.27. The number of hydrogen-bond acceptors (Lipinski definition) is 5. The van der Waals surface area contributed by atoms with Gasteiger partial charge < -0.3 is 19.7 Å². The first-order valence-electron chi connectivity index (χ1n) is 9.76. The van der Waals surface area contributed by atoms with Crippen LogP contribution in [0.5, 0.6) is 5.75 Å². The number of carbonyl (C=O) groups is 3. The van der Waals surface area contributed by atoms with Crippen molar-refractivity contribution in [1.82, 2.24) is 0 Å². The van der Waals surface area contributed by atoms with Crippen molar-refractivity contribution in [1.29, 1.82) is 0 Å². The molecule has 2 aromatic carbocycles. The average Bonchev–Trinajstić information content (AvgIpc) is 2.86. The normalized spacial score (nSPS) is 15.9. The van der Waals surface area contributed by atoms with Crippen molar-refractivity contribution >= 4 is 35.2 Å². The second-order valence-electron chi connectivity index (χ2n) is 6.83. The topological polar surface area (TPSA) is 84.9 Å². The number of hydrogen-bond donors (Lipinski definition) is 1. The number of amides is 2. The third kappa shape index (κ3) is 5.26. The van der Waals surface area contributed by atoms with Crippen molar-refractivity contribution in [2.24, 2.45) is 0 Å². The van der Waals surface area contributed by atoms with Crippen molar-refractivity contribution < 1.29 is 23.9 Å². The zero-order chi connectivity index (χ0) is 21.5. The van der Waals surface area contributed by atoms with Crippen LogP contribution < -0.4 is 15.0 Å². The molecule has 0 spiro atoms. The Labute approximate surface area is 175 Å². The van der Waals surface area contributed by atoms with Gasteiger partial charge in [0.15, 0.2) is 6.61 Å². The third-order valence-corrected chi connectivity index (χ3v) is 4.57. The summed E-state index contributed by atoms with van der Waals surface area (Å²) in [5.41, 5.74) is 1.95. The molecule has 2 aromatic rings. The molecular weight excluding hydrogens is 384 g/mol. The Morgan fingerprint density at radius 3 is 2.63 bits per heavy atom. The number of benzene rings is 2. The molecule has 0 unspecified atom stereocenters. The number of anilines is 2. The lowest BCUT2D eigenvalue weighted by Crippen LogP contribution is -2.41. The standard InChI is InChI=1S/C23H24N2O5/c1-3-29-18-11-8-17(9-12-18)10-13-23(28)30-15-22(27)25-16(2)14-21(26)24-19-6-4-5-7-20(19)25/h4-13,16H,3,14-15H2,1-2H3,(H,24,26)/b13-10+/t16-/m1/s1. The lowest BCUT2D eigenvalue weighted by atomic mass is 10.1. The largest absolute Gasteiger partial charge is 0.494 e. The van der Waals surface area contributed by atoms with E-state index in [4.69, 9.17) is 9.47 Å². The van der Waals surface area contributed by atoms with E-state index >= 15 is 0 Å². The van der Waals surface area contributed by atoms with E-state index in [2.05, 4.69) is 5.32 Å². The summed E-state index contributed by atoms with van der Waals surface area (Å²) in [5, 5.41) is 2.79. The number of para-hydroxylation sites is 2. The van der Waals surface area contributed by atoms with Crippen LogP contribution in [0.25, 0.3) is 6.08 Å². The highest BCUT2D eigenvalue weighted by Gasteiger charge is 2.29. The summed E-state index contributed by atoms with van der Waals surface area (Å²) in [5.74, 6) is -0.431. The van der Waals surface area contributed by atoms with Gasteiger partial charge in [0.05, 0.1) is 18.0 Å². The Balaban J connectivity index is 1.61. The molecule has 0 aliphatic carbocycles. The van der Waals surface area contributed by atoms with Crippen LogP contribution in [0.1, 0.15) is 25.8 Å². The number of carbonyl (C=O) groups excluding carboxylic acids is 3. The summed E-state index contributed by atoms with van der Waals surface area (Å²) in [7, 11) is 0. The van der Waals surface area contributed by atoms with Crippen LogP contribution in [0.15, 0.2) is 54.6 Å². The molecule has 0 bridgehead atoms. The second kappa shape index (κ2) is 9.73. The van der Waals surface area contributed by atoms with Crippen molar-refractivity contribution in [3.63, 3.8) is 0 Å². The first-order chi connectivity index (χ1) is 14.5. The maximum Gasteiger partial charge on any atom is 0.331 e. The molecule has 0 aromatic heterocycles. The van der Waals surface area contributed by atoms with Crippen molar-refractivity contribution in [2.45, 2.75) is 26.3 Å². The molecule has 0 fully saturated rings. The van der Waals surface area contributed by atoms with Gasteiger partial charge in [-0.15, -0.1) is 0 Å². The van der Waals surface area contributed by atoms with E-state index in [0.29, 0.717) is 18.0 Å². The molecule has 7 nitrogen and oxygen atoms in total. The molecule has 1 aliphatic rings. The van der Waals surface area contributed by atoms with E-state index < -0.39 is 18.5 Å². The summed E-state index contributed by atoms with van der Waals surface area (Å²) in [6, 6.07) is 14.0. The lowest BCUT2D eigenvalue weighted by molar-refractivity contribution is -0.143. The maximum absolute atomic E-state index is 12.8. The number of esters is 1. The maximum atomic E-state index is 12.8. The molecular formula is C23H24N2O5. The number of nitrogens with one attached hydrogen (secondary N) is 1. The fraction of sp³-hybridized carbons (Fsp3) is 0.261. The summed E-state index contributed by atoms with van der Waals surface area (Å²) in [6.45, 7) is 3.86. The number of nitrogens with zero attached hydrogens (tertiary/aromatic N) is 1. The Kier molecular flexibility index (Phi) is 6.85. The molecule has 3 rings (SSSR count). The minimum atomic E-state index is -0.623. The monoisotopic (exact) mass is 408 g/mol. The third-order valence-electron chi connectivity index (χ3n) is 4.57. The number of fused-ring (bicyclic) bond motifs is 1. The number of ether oxygens (including phenoxy) is 2. The fourth-order valence-corrected chi connectivity index (χ4v) is 3.22. The number of rotatable bonds is 6. The molecule has 0 saturated heterocycles. The van der Waals surface area contributed by atoms with Gasteiger partial charge in [0.1, 0.15) is 5.75 Å². The Morgan fingerprint density at radius 2 is 1.90 bits per heavy atom. The van der Waals surface area contributed by atoms with Gasteiger partial charge in [-0.05, 0) is 49.8 Å². The van der Waals surface area contributed by atoms with Crippen LogP contribution in [0.4, 0.5) is 11.4 Å². The molecule has 1 heterocycles. The molecule has 1 aliphatic heterocycles. The fourth-order valence-electron chi connectivity index (χ4n) is 3.22. The molecule has 30 heavy (non-hydrogen) atoms. The van der Waals surface area contributed by atoms with Crippen LogP contribution >= 0.6 is 0 Å². The van der Waals surface area contributed by atoms with Gasteiger partial charge in [-0.1, -0.05) is 24.3 Å². The minimum absolute atomic E-state index is 0.159. The van der Waals surface area contributed by atoms with Gasteiger partial charge in [0.2, 0.25) is 5.91 Å². The zero-order valence-electron chi connectivity index (χ0n) is 17.0. The summed E-state index contributed by atoms with van der Waals surface area (Å²) in [6.07, 6.45) is 3.04. The molecule has 7 heteroatoms. The van der Waals surface area contributed by atoms with E-state index in [1.165, 1.54) is 11.0 Å². The smallest absolute Gasteiger partial charge is 0.331 e. The predicted molar refractivity (Wildman–Crippen MR) is 114 cm³/mol. The van der Waals surface area contributed by atoms with Gasteiger partial charge in [0.25, 0.3) is 5.91 Å². The highest BCUT2D eigenvalue weighted by atomic mass is 16.5. The summed E-state index contributed by atoms with van der Waals surface area (Å²) >= 11 is 0. The molecule has 1 N–H and O–H groups in total. The van der Waals surface area contributed by atoms with Crippen molar-refractivity contribution in [2.75, 3.05) is 23.4 Å². The van der Waals surface area contributed by atoms with E-state index in [1.54, 1.807) is 37.3 Å². The molecule has 2 amide bonds. The Morgan fingerprint density at radius 1 is 1.17 bits per heavy atom. The Bertz CT molecular complexity index is 952. The highest BCUT2D eigenvalue weighted by Crippen LogP contribution is 2.31. The van der Waals surface area contributed by atoms with E-state index in [0.717, 1.165) is 11.3 Å². The van der Waals surface area contributed by atoms with Crippen LogP contribution in [-0.4, -0.2) is 37.0 Å². The van der Waals surface area contributed by atoms with Crippen molar-refractivity contribution in [3.05, 3.63) is 60.2 Å². The van der Waals surface area contributed by atoms with Gasteiger partial charge >= 0.3 is 5.97 Å². The molecule has 1 atom stereocenters. The van der Waals surface area contributed by atoms with Crippen molar-refractivity contribution in [3.8, 4) is 5.75 Å². The highest BCUT2D eigenvalue weighted by molar-refractivity contribution is 6.05. The minimum Gasteiger partial charge on any atom is -0.494 e. The summed E-state index contributed by atoms with van der Waals surface area (Å²) in [4.78, 5) is 38.3. The molecule has 0 radical (unpaired) electrons. The van der Waals surface area contributed by atoms with Crippen LogP contribution in [0.2, 0.25) is 0 Å². The molecule has 0 saturated carbocycles. The average molecular weight is 408 g/mol. The first kappa shape index (κ1) is 21.1. The predicted octanol–water partition coefficient (Wildman–Crippen LogP) is 3.41. The Hall–Kier alpha value is -3.61. The van der Waals surface area contributed by atoms with Gasteiger partial charge in [0, 0.05) is 18.5 Å². The van der Waals surface area contributed by atoms with Crippen LogP contribution in [-0.2, 0) is 19.1 Å². The van der Waals surface area contributed by atoms with Gasteiger partial charge in [-0.2, -0.15) is 0 Å². The zero-order valence-corrected chi connectivity index (χ0v) is 17.0. The van der Waals surface area contributed by atoms with Gasteiger partial charge in [-0.3, -0.25) is 9.59 Å². The second-order valence-corrected chi connectivity index (χ2v) is 6.83. The van der Waals surface area contributed by atoms with E-state index in [1.807, 2.05) is 31.2 Å². The first-order valence-corrected chi connectivity index (χ1v) is 9.76. The summed E-state index contributed by atoms with van der Waals surface area (Å²) < 4.78 is 10.5. The van der Waals surface area contributed by atoms with E-state index in [9.17, 15) is 14.4 Å². The van der Waals surface area contributed by atoms with Gasteiger partial charge in [-0.25, -0.2) is 4.79 Å². The SMILES string of the molecule is CCOc1ccc(/C=C/C(=O)OCC(=O)N2c3ccccc3NC(=O)C[C@H]2C)cc1. The van der Waals surface area contributed by atoms with E-state index in [-0.39, 0.29) is 18.4 Å². The quantitative estimate of drug-likeness (QED) is 0.585. The van der Waals surface area contributed by atoms with Crippen LogP contribution in [0.3, 0.4) is 0 Å². The van der Waals surface area contributed by atoms with Crippen LogP contribution in [0, 0.1) is 0 Å². The molecule has 156 valence electrons.